The van der Waals surface area contributed by atoms with Crippen LogP contribution in [0.25, 0.3) is 0 Å². The summed E-state index contributed by atoms with van der Waals surface area (Å²) in [4.78, 5) is 20.9. The van der Waals surface area contributed by atoms with E-state index in [2.05, 4.69) is 16.0 Å². The Morgan fingerprint density at radius 3 is 2.68 bits per heavy atom. The van der Waals surface area contributed by atoms with Crippen LogP contribution in [0.4, 0.5) is 0 Å². The number of pyridine rings is 1. The molecule has 0 bridgehead atoms. The van der Waals surface area contributed by atoms with E-state index in [1.807, 2.05) is 11.0 Å². The molecule has 0 aliphatic carbocycles. The number of carbonyl (C=O) groups is 1. The fraction of sp³-hybridized carbons (Fsp3) is 0.333. The van der Waals surface area contributed by atoms with Gasteiger partial charge in [0.05, 0.1) is 9.90 Å². The maximum Gasteiger partial charge on any atom is 0.256 e. The highest BCUT2D eigenvalue weighted by atomic mass is 35.5. The Hall–Kier alpha value is -1.21. The van der Waals surface area contributed by atoms with Gasteiger partial charge in [-0.3, -0.25) is 9.69 Å². The summed E-state index contributed by atoms with van der Waals surface area (Å²) in [5.41, 5.74) is 0.580. The van der Waals surface area contributed by atoms with Crippen molar-refractivity contribution in [3.8, 4) is 0 Å². The summed E-state index contributed by atoms with van der Waals surface area (Å²) in [6.45, 7) is 4.07. The Kier molecular flexibility index (Phi) is 4.93. The number of carbonyl (C=O) groups excluding carboxylic acids is 1. The lowest BCUT2D eigenvalue weighted by molar-refractivity contribution is 0.0628. The molecule has 4 nitrogen and oxygen atoms in total. The predicted octanol–water partition coefficient (Wildman–Crippen LogP) is 3.42. The molecule has 0 radical (unpaired) electrons. The van der Waals surface area contributed by atoms with E-state index in [-0.39, 0.29) is 5.91 Å². The molecule has 1 amide bonds. The molecular weight excluding hydrogens is 338 g/mol. The molecule has 3 rings (SSSR count). The highest BCUT2D eigenvalue weighted by Crippen LogP contribution is 2.23. The standard InChI is InChI=1S/C15H16ClN3OS2/c16-13-4-3-11(22-13)10-18-6-8-19(9-7-18)15(20)12-2-1-5-17-14(12)21/h1-5H,6-10H2,(H,17,21). The Morgan fingerprint density at radius 1 is 1.27 bits per heavy atom. The van der Waals surface area contributed by atoms with Crippen molar-refractivity contribution in [3.63, 3.8) is 0 Å². The van der Waals surface area contributed by atoms with E-state index in [0.717, 1.165) is 37.1 Å². The highest BCUT2D eigenvalue weighted by Gasteiger charge is 2.23. The van der Waals surface area contributed by atoms with Crippen molar-refractivity contribution < 1.29 is 4.79 Å². The Balaban J connectivity index is 1.58. The first-order chi connectivity index (χ1) is 10.6. The topological polar surface area (TPSA) is 39.3 Å². The molecule has 0 unspecified atom stereocenters. The number of nitrogens with zero attached hydrogens (tertiary/aromatic N) is 2. The van der Waals surface area contributed by atoms with E-state index in [1.165, 1.54) is 4.88 Å². The number of thiophene rings is 1. The number of rotatable bonds is 3. The predicted molar refractivity (Wildman–Crippen MR) is 92.1 cm³/mol. The third-order valence-corrected chi connectivity index (χ3v) is 5.27. The average molecular weight is 354 g/mol. The highest BCUT2D eigenvalue weighted by molar-refractivity contribution is 7.71. The Morgan fingerprint density at radius 2 is 2.05 bits per heavy atom. The smallest absolute Gasteiger partial charge is 0.256 e. The largest absolute Gasteiger partial charge is 0.352 e. The molecule has 0 atom stereocenters. The maximum atomic E-state index is 12.5. The molecule has 0 saturated carbocycles. The van der Waals surface area contributed by atoms with Gasteiger partial charge < -0.3 is 9.88 Å². The fourth-order valence-electron chi connectivity index (χ4n) is 2.53. The number of H-pyrrole nitrogens is 1. The monoisotopic (exact) mass is 353 g/mol. The summed E-state index contributed by atoms with van der Waals surface area (Å²) in [5.74, 6) is 0.0145. The summed E-state index contributed by atoms with van der Waals surface area (Å²) in [5, 5.41) is 0. The quantitative estimate of drug-likeness (QED) is 0.859. The molecule has 1 aliphatic rings. The van der Waals surface area contributed by atoms with Gasteiger partial charge in [0.1, 0.15) is 4.64 Å². The average Bonchev–Trinajstić information content (AvgIpc) is 2.93. The first-order valence-electron chi connectivity index (χ1n) is 7.07. The minimum absolute atomic E-state index is 0.0145. The summed E-state index contributed by atoms with van der Waals surface area (Å²) in [6.07, 6.45) is 1.74. The van der Waals surface area contributed by atoms with Gasteiger partial charge in [-0.05, 0) is 24.3 Å². The minimum atomic E-state index is 0.0145. The van der Waals surface area contributed by atoms with Crippen LogP contribution < -0.4 is 0 Å². The number of nitrogens with one attached hydrogen (secondary N) is 1. The second kappa shape index (κ2) is 6.91. The van der Waals surface area contributed by atoms with E-state index in [0.29, 0.717) is 10.2 Å². The number of amides is 1. The number of halogens is 1. The van der Waals surface area contributed by atoms with Crippen LogP contribution in [0, 0.1) is 4.64 Å². The van der Waals surface area contributed by atoms with Gasteiger partial charge in [-0.15, -0.1) is 11.3 Å². The molecule has 3 heterocycles. The number of aromatic amines is 1. The van der Waals surface area contributed by atoms with Gasteiger partial charge in [0, 0.05) is 43.8 Å². The lowest BCUT2D eigenvalue weighted by Gasteiger charge is -2.34. The fourth-order valence-corrected chi connectivity index (χ4v) is 3.88. The molecule has 22 heavy (non-hydrogen) atoms. The zero-order valence-corrected chi connectivity index (χ0v) is 14.3. The van der Waals surface area contributed by atoms with Crippen molar-refractivity contribution >= 4 is 41.1 Å². The van der Waals surface area contributed by atoms with Gasteiger partial charge in [-0.2, -0.15) is 0 Å². The third-order valence-electron chi connectivity index (χ3n) is 3.72. The lowest BCUT2D eigenvalue weighted by atomic mass is 10.2. The number of aromatic nitrogens is 1. The van der Waals surface area contributed by atoms with E-state index in [4.69, 9.17) is 23.8 Å². The van der Waals surface area contributed by atoms with Crippen molar-refractivity contribution in [2.75, 3.05) is 26.2 Å². The van der Waals surface area contributed by atoms with Gasteiger partial charge in [0.2, 0.25) is 0 Å². The Bertz CT molecular complexity index is 719. The third kappa shape index (κ3) is 3.57. The minimum Gasteiger partial charge on any atom is -0.352 e. The van der Waals surface area contributed by atoms with E-state index in [1.54, 1.807) is 29.7 Å². The molecule has 1 fully saturated rings. The van der Waals surface area contributed by atoms with Gasteiger partial charge in [0.15, 0.2) is 0 Å². The molecule has 2 aromatic heterocycles. The van der Waals surface area contributed by atoms with Crippen molar-refractivity contribution in [3.05, 3.63) is 49.9 Å². The van der Waals surface area contributed by atoms with E-state index in [9.17, 15) is 4.79 Å². The lowest BCUT2D eigenvalue weighted by Crippen LogP contribution is -2.48. The number of hydrogen-bond donors (Lipinski definition) is 1. The molecule has 7 heteroatoms. The molecule has 2 aromatic rings. The molecule has 116 valence electrons. The molecular formula is C15H16ClN3OS2. The zero-order valence-electron chi connectivity index (χ0n) is 11.9. The van der Waals surface area contributed by atoms with Gasteiger partial charge in [-0.25, -0.2) is 0 Å². The maximum absolute atomic E-state index is 12.5. The molecule has 1 aliphatic heterocycles. The second-order valence-corrected chi connectivity index (χ2v) is 7.39. The van der Waals surface area contributed by atoms with Crippen molar-refractivity contribution in [2.24, 2.45) is 0 Å². The van der Waals surface area contributed by atoms with Crippen molar-refractivity contribution in [1.29, 1.82) is 0 Å². The first-order valence-corrected chi connectivity index (χ1v) is 8.67. The molecule has 0 spiro atoms. The molecule has 1 saturated heterocycles. The normalized spacial score (nSPS) is 16.0. The van der Waals surface area contributed by atoms with E-state index >= 15 is 0 Å². The Labute approximate surface area is 143 Å². The van der Waals surface area contributed by atoms with Crippen LogP contribution in [-0.2, 0) is 6.54 Å². The number of piperazine rings is 1. The van der Waals surface area contributed by atoms with Crippen molar-refractivity contribution in [1.82, 2.24) is 14.8 Å². The summed E-state index contributed by atoms with van der Waals surface area (Å²) < 4.78 is 1.32. The van der Waals surface area contributed by atoms with Crippen LogP contribution in [0.1, 0.15) is 15.2 Å². The summed E-state index contributed by atoms with van der Waals surface area (Å²) >= 11 is 12.8. The van der Waals surface area contributed by atoms with Crippen LogP contribution in [0.3, 0.4) is 0 Å². The number of hydrogen-bond acceptors (Lipinski definition) is 4. The summed E-state index contributed by atoms with van der Waals surface area (Å²) in [7, 11) is 0. The van der Waals surface area contributed by atoms with Gasteiger partial charge in [-0.1, -0.05) is 23.8 Å². The van der Waals surface area contributed by atoms with E-state index < -0.39 is 0 Å². The summed E-state index contributed by atoms with van der Waals surface area (Å²) in [6, 6.07) is 7.58. The zero-order chi connectivity index (χ0) is 15.5. The van der Waals surface area contributed by atoms with Gasteiger partial charge >= 0.3 is 0 Å². The second-order valence-electron chi connectivity index (χ2n) is 5.19. The molecule has 0 aromatic carbocycles. The first kappa shape index (κ1) is 15.7. The van der Waals surface area contributed by atoms with Crippen LogP contribution in [0.5, 0.6) is 0 Å². The van der Waals surface area contributed by atoms with Crippen LogP contribution >= 0.6 is 35.2 Å². The SMILES string of the molecule is O=C(c1ccc[nH]c1=S)N1CCN(Cc2ccc(Cl)s2)CC1. The van der Waals surface area contributed by atoms with Crippen LogP contribution in [-0.4, -0.2) is 46.9 Å². The molecule has 1 N–H and O–H groups in total. The van der Waals surface area contributed by atoms with Crippen LogP contribution in [0.2, 0.25) is 4.34 Å². The van der Waals surface area contributed by atoms with Gasteiger partial charge in [0.25, 0.3) is 5.91 Å². The van der Waals surface area contributed by atoms with Crippen molar-refractivity contribution in [2.45, 2.75) is 6.54 Å². The van der Waals surface area contributed by atoms with Crippen LogP contribution in [0.15, 0.2) is 30.5 Å².